The molecule has 0 spiro atoms. The highest BCUT2D eigenvalue weighted by molar-refractivity contribution is 7.92. The Morgan fingerprint density at radius 1 is 1.47 bits per heavy atom. The third kappa shape index (κ3) is 4.24. The average molecular weight is 269 g/mol. The predicted octanol–water partition coefficient (Wildman–Crippen LogP) is 2.11. The summed E-state index contributed by atoms with van der Waals surface area (Å²) in [6, 6.07) is 3.15. The van der Waals surface area contributed by atoms with Crippen LogP contribution in [-0.4, -0.2) is 25.0 Å². The number of rotatable bonds is 5. The molecule has 0 aromatic carbocycles. The molecule has 1 aromatic heterocycles. The minimum Gasteiger partial charge on any atom is -0.280 e. The summed E-state index contributed by atoms with van der Waals surface area (Å²) in [5.74, 6) is 0.281. The molecule has 0 bridgehead atoms. The second-order valence-corrected chi connectivity index (χ2v) is 5.38. The zero-order chi connectivity index (χ0) is 11.3. The Kier molecular flexibility index (Phi) is 4.63. The highest BCUT2D eigenvalue weighted by atomic mass is 35.5. The van der Waals surface area contributed by atoms with Gasteiger partial charge >= 0.3 is 0 Å². The lowest BCUT2D eigenvalue weighted by Gasteiger charge is -2.07. The van der Waals surface area contributed by atoms with Crippen molar-refractivity contribution in [3.05, 3.63) is 23.5 Å². The molecule has 0 amide bonds. The summed E-state index contributed by atoms with van der Waals surface area (Å²) < 4.78 is 25.3. The summed E-state index contributed by atoms with van der Waals surface area (Å²) in [4.78, 5) is 3.76. The first-order chi connectivity index (χ1) is 7.05. The van der Waals surface area contributed by atoms with Crippen LogP contribution in [0.15, 0.2) is 18.3 Å². The predicted molar refractivity (Wildman–Crippen MR) is 62.0 cm³/mol. The lowest BCUT2D eigenvalue weighted by Crippen LogP contribution is -2.17. The van der Waals surface area contributed by atoms with Crippen LogP contribution in [0.25, 0.3) is 0 Å². The normalized spacial score (nSPS) is 11.3. The van der Waals surface area contributed by atoms with E-state index in [9.17, 15) is 8.42 Å². The standard InChI is InChI=1S/C8H10Cl2N2O2S/c9-4-2-6-15(13,14)12-7-3-1-5-11-8(7)10/h1,3,5,12H,2,4,6H2. The molecule has 0 aliphatic rings. The molecule has 0 unspecified atom stereocenters. The van der Waals surface area contributed by atoms with E-state index in [2.05, 4.69) is 9.71 Å². The number of hydrogen-bond acceptors (Lipinski definition) is 3. The highest BCUT2D eigenvalue weighted by Crippen LogP contribution is 2.18. The number of hydrogen-bond donors (Lipinski definition) is 1. The van der Waals surface area contributed by atoms with Crippen LogP contribution in [0.5, 0.6) is 0 Å². The van der Waals surface area contributed by atoms with Crippen molar-refractivity contribution >= 4 is 38.9 Å². The lowest BCUT2D eigenvalue weighted by molar-refractivity contribution is 0.600. The maximum atomic E-state index is 11.5. The molecule has 0 atom stereocenters. The van der Waals surface area contributed by atoms with Crippen LogP contribution in [0.2, 0.25) is 5.15 Å². The third-order valence-electron chi connectivity index (χ3n) is 1.57. The van der Waals surface area contributed by atoms with Crippen LogP contribution in [-0.2, 0) is 10.0 Å². The highest BCUT2D eigenvalue weighted by Gasteiger charge is 2.11. The van der Waals surface area contributed by atoms with Gasteiger partial charge in [0, 0.05) is 12.1 Å². The zero-order valence-electron chi connectivity index (χ0n) is 7.78. The average Bonchev–Trinajstić information content (AvgIpc) is 2.18. The zero-order valence-corrected chi connectivity index (χ0v) is 10.1. The van der Waals surface area contributed by atoms with Crippen molar-refractivity contribution in [2.75, 3.05) is 16.4 Å². The Bertz CT molecular complexity index is 422. The number of anilines is 1. The fraction of sp³-hybridized carbons (Fsp3) is 0.375. The summed E-state index contributed by atoms with van der Waals surface area (Å²) >= 11 is 11.1. The molecule has 0 aliphatic heterocycles. The van der Waals surface area contributed by atoms with E-state index in [1.165, 1.54) is 6.20 Å². The molecule has 15 heavy (non-hydrogen) atoms. The lowest BCUT2D eigenvalue weighted by atomic mass is 10.4. The molecule has 1 rings (SSSR count). The minimum atomic E-state index is -3.38. The van der Waals surface area contributed by atoms with E-state index >= 15 is 0 Å². The Balaban J connectivity index is 2.74. The summed E-state index contributed by atoms with van der Waals surface area (Å²) in [6.07, 6.45) is 1.88. The number of aromatic nitrogens is 1. The summed E-state index contributed by atoms with van der Waals surface area (Å²) in [7, 11) is -3.38. The Labute approximate surface area is 98.7 Å². The molecule has 84 valence electrons. The first-order valence-electron chi connectivity index (χ1n) is 4.22. The number of sulfonamides is 1. The van der Waals surface area contributed by atoms with E-state index in [1.807, 2.05) is 0 Å². The molecule has 0 aliphatic carbocycles. The topological polar surface area (TPSA) is 59.1 Å². The van der Waals surface area contributed by atoms with E-state index in [0.717, 1.165) is 0 Å². The van der Waals surface area contributed by atoms with Crippen molar-refractivity contribution in [3.63, 3.8) is 0 Å². The van der Waals surface area contributed by atoms with Crippen LogP contribution in [0.3, 0.4) is 0 Å². The van der Waals surface area contributed by atoms with Gasteiger partial charge in [0.2, 0.25) is 10.0 Å². The first-order valence-corrected chi connectivity index (χ1v) is 6.78. The van der Waals surface area contributed by atoms with Gasteiger partial charge in [0.15, 0.2) is 5.15 Å². The smallest absolute Gasteiger partial charge is 0.232 e. The largest absolute Gasteiger partial charge is 0.280 e. The molecule has 0 saturated carbocycles. The fourth-order valence-electron chi connectivity index (χ4n) is 0.925. The molecule has 0 radical (unpaired) electrons. The number of pyridine rings is 1. The number of alkyl halides is 1. The van der Waals surface area contributed by atoms with Gasteiger partial charge in [-0.2, -0.15) is 0 Å². The summed E-state index contributed by atoms with van der Waals surface area (Å²) in [5.41, 5.74) is 0.286. The van der Waals surface area contributed by atoms with Crippen LogP contribution in [0.4, 0.5) is 5.69 Å². The van der Waals surface area contributed by atoms with E-state index in [4.69, 9.17) is 23.2 Å². The number of nitrogens with one attached hydrogen (secondary N) is 1. The van der Waals surface area contributed by atoms with Crippen molar-refractivity contribution in [3.8, 4) is 0 Å². The second-order valence-electron chi connectivity index (χ2n) is 2.81. The summed E-state index contributed by atoms with van der Waals surface area (Å²) in [6.45, 7) is 0. The van der Waals surface area contributed by atoms with E-state index in [-0.39, 0.29) is 16.6 Å². The van der Waals surface area contributed by atoms with Gasteiger partial charge in [0.25, 0.3) is 0 Å². The van der Waals surface area contributed by atoms with Crippen LogP contribution in [0, 0.1) is 0 Å². The van der Waals surface area contributed by atoms with Gasteiger partial charge in [-0.15, -0.1) is 11.6 Å². The van der Waals surface area contributed by atoms with Gasteiger partial charge in [0.1, 0.15) is 0 Å². The monoisotopic (exact) mass is 268 g/mol. The van der Waals surface area contributed by atoms with Crippen molar-refractivity contribution < 1.29 is 8.42 Å². The first kappa shape index (κ1) is 12.5. The summed E-state index contributed by atoms with van der Waals surface area (Å²) in [5, 5.41) is 0.131. The van der Waals surface area contributed by atoms with Crippen molar-refractivity contribution in [1.29, 1.82) is 0 Å². The van der Waals surface area contributed by atoms with Crippen molar-refractivity contribution in [2.45, 2.75) is 6.42 Å². The molecule has 0 saturated heterocycles. The Hall–Kier alpha value is -0.520. The van der Waals surface area contributed by atoms with E-state index in [1.54, 1.807) is 12.1 Å². The molecule has 7 heteroatoms. The quantitative estimate of drug-likeness (QED) is 0.657. The maximum absolute atomic E-state index is 11.5. The van der Waals surface area contributed by atoms with Crippen LogP contribution in [0.1, 0.15) is 6.42 Å². The van der Waals surface area contributed by atoms with Gasteiger partial charge < -0.3 is 0 Å². The Morgan fingerprint density at radius 2 is 2.20 bits per heavy atom. The fourth-order valence-corrected chi connectivity index (χ4v) is 2.57. The minimum absolute atomic E-state index is 0.0261. The molecule has 0 fully saturated rings. The van der Waals surface area contributed by atoms with Crippen LogP contribution < -0.4 is 4.72 Å². The van der Waals surface area contributed by atoms with Gasteiger partial charge in [-0.25, -0.2) is 13.4 Å². The van der Waals surface area contributed by atoms with Crippen molar-refractivity contribution in [2.24, 2.45) is 0 Å². The maximum Gasteiger partial charge on any atom is 0.232 e. The van der Waals surface area contributed by atoms with Crippen LogP contribution >= 0.6 is 23.2 Å². The molecule has 1 N–H and O–H groups in total. The van der Waals surface area contributed by atoms with Crippen molar-refractivity contribution in [1.82, 2.24) is 4.98 Å². The number of nitrogens with zero attached hydrogens (tertiary/aromatic N) is 1. The molecule has 1 heterocycles. The molecule has 4 nitrogen and oxygen atoms in total. The molecular formula is C8H10Cl2N2O2S. The SMILES string of the molecule is O=S(=O)(CCCCl)Nc1cccnc1Cl. The van der Waals surface area contributed by atoms with Gasteiger partial charge in [0.05, 0.1) is 11.4 Å². The number of halogens is 2. The van der Waals surface area contributed by atoms with E-state index in [0.29, 0.717) is 12.3 Å². The van der Waals surface area contributed by atoms with Gasteiger partial charge in [-0.3, -0.25) is 4.72 Å². The molecule has 1 aromatic rings. The third-order valence-corrected chi connectivity index (χ3v) is 3.50. The Morgan fingerprint density at radius 3 is 2.80 bits per heavy atom. The van der Waals surface area contributed by atoms with Gasteiger partial charge in [-0.05, 0) is 18.6 Å². The van der Waals surface area contributed by atoms with E-state index < -0.39 is 10.0 Å². The second kappa shape index (κ2) is 5.53. The molecular weight excluding hydrogens is 259 g/mol. The van der Waals surface area contributed by atoms with Gasteiger partial charge in [-0.1, -0.05) is 11.6 Å².